The van der Waals surface area contributed by atoms with Crippen LogP contribution < -0.4 is 4.74 Å². The predicted molar refractivity (Wildman–Crippen MR) is 123 cm³/mol. The molecule has 1 fully saturated rings. The average molecular weight is 427 g/mol. The molecule has 0 radical (unpaired) electrons. The van der Waals surface area contributed by atoms with Crippen LogP contribution in [0.5, 0.6) is 5.75 Å². The van der Waals surface area contributed by atoms with Gasteiger partial charge in [0.15, 0.2) is 0 Å². The van der Waals surface area contributed by atoms with Gasteiger partial charge in [0.1, 0.15) is 18.2 Å². The number of carbonyl (C=O) groups is 1. The number of pyridine rings is 1. The molecule has 1 saturated heterocycles. The number of piperidine rings is 1. The van der Waals surface area contributed by atoms with Crippen molar-refractivity contribution in [3.63, 3.8) is 0 Å². The summed E-state index contributed by atoms with van der Waals surface area (Å²) in [5, 5.41) is 0. The number of amides is 1. The average Bonchev–Trinajstić information content (AvgIpc) is 3.21. The molecule has 1 aliphatic heterocycles. The van der Waals surface area contributed by atoms with Crippen LogP contribution in [0, 0.1) is 5.92 Å². The van der Waals surface area contributed by atoms with Crippen LogP contribution in [0.2, 0.25) is 0 Å². The Morgan fingerprint density at radius 3 is 2.53 bits per heavy atom. The van der Waals surface area contributed by atoms with E-state index in [4.69, 9.17) is 9.72 Å². The summed E-state index contributed by atoms with van der Waals surface area (Å²) < 4.78 is 8.30. The van der Waals surface area contributed by atoms with E-state index in [1.165, 1.54) is 0 Å². The number of rotatable bonds is 6. The standard InChI is InChI=1S/C26H26N4O2/c31-26(21-7-6-14-27-17-21)29-15-12-20(13-16-29)18-30-24-11-5-4-10-23(24)28-25(30)19-32-22-8-2-1-3-9-22/h1-11,14,17,20H,12-13,15-16,18-19H2. The molecule has 0 unspecified atom stereocenters. The van der Waals surface area contributed by atoms with Crippen LogP contribution in [0.25, 0.3) is 11.0 Å². The number of nitrogens with zero attached hydrogens (tertiary/aromatic N) is 4. The molecule has 6 heteroatoms. The Hall–Kier alpha value is -3.67. The van der Waals surface area contributed by atoms with Gasteiger partial charge >= 0.3 is 0 Å². The number of hydrogen-bond donors (Lipinski definition) is 0. The van der Waals surface area contributed by atoms with Gasteiger partial charge < -0.3 is 14.2 Å². The summed E-state index contributed by atoms with van der Waals surface area (Å²) in [4.78, 5) is 23.6. The maximum atomic E-state index is 12.7. The quantitative estimate of drug-likeness (QED) is 0.453. The molecule has 6 nitrogen and oxygen atoms in total. The Balaban J connectivity index is 1.28. The third-order valence-corrected chi connectivity index (χ3v) is 6.10. The van der Waals surface area contributed by atoms with E-state index in [0.717, 1.165) is 55.1 Å². The summed E-state index contributed by atoms with van der Waals surface area (Å²) in [5.41, 5.74) is 2.78. The first-order chi connectivity index (χ1) is 15.8. The fourth-order valence-electron chi connectivity index (χ4n) is 4.35. The van der Waals surface area contributed by atoms with Gasteiger partial charge in [-0.2, -0.15) is 0 Å². The fraction of sp³-hybridized carbons (Fsp3) is 0.269. The Bertz CT molecular complexity index is 1180. The third-order valence-electron chi connectivity index (χ3n) is 6.10. The maximum absolute atomic E-state index is 12.7. The zero-order chi connectivity index (χ0) is 21.8. The van der Waals surface area contributed by atoms with Crippen molar-refractivity contribution in [3.05, 3.63) is 90.5 Å². The summed E-state index contributed by atoms with van der Waals surface area (Å²) in [6, 6.07) is 21.7. The number of carbonyl (C=O) groups excluding carboxylic acids is 1. The number of fused-ring (bicyclic) bond motifs is 1. The lowest BCUT2D eigenvalue weighted by Crippen LogP contribution is -2.39. The van der Waals surface area contributed by atoms with Gasteiger partial charge in [-0.15, -0.1) is 0 Å². The van der Waals surface area contributed by atoms with Crippen molar-refractivity contribution in [1.29, 1.82) is 0 Å². The molecule has 0 bridgehead atoms. The zero-order valence-electron chi connectivity index (χ0n) is 17.9. The number of imidazole rings is 1. The third kappa shape index (κ3) is 4.35. The Morgan fingerprint density at radius 2 is 1.75 bits per heavy atom. The Kier molecular flexibility index (Phi) is 5.83. The molecule has 162 valence electrons. The Morgan fingerprint density at radius 1 is 0.969 bits per heavy atom. The second-order valence-electron chi connectivity index (χ2n) is 8.21. The molecule has 0 spiro atoms. The molecular formula is C26H26N4O2. The van der Waals surface area contributed by atoms with Crippen LogP contribution in [0.15, 0.2) is 79.1 Å². The van der Waals surface area contributed by atoms with Gasteiger partial charge in [-0.1, -0.05) is 30.3 Å². The van der Waals surface area contributed by atoms with Crippen LogP contribution in [0.4, 0.5) is 0 Å². The highest BCUT2D eigenvalue weighted by atomic mass is 16.5. The van der Waals surface area contributed by atoms with Gasteiger partial charge in [-0.05, 0) is 55.2 Å². The minimum atomic E-state index is 0.0709. The lowest BCUT2D eigenvalue weighted by Gasteiger charge is -2.32. The number of para-hydroxylation sites is 3. The van der Waals surface area contributed by atoms with E-state index in [1.54, 1.807) is 12.4 Å². The zero-order valence-corrected chi connectivity index (χ0v) is 17.9. The van der Waals surface area contributed by atoms with Crippen molar-refractivity contribution < 1.29 is 9.53 Å². The SMILES string of the molecule is O=C(c1cccnc1)N1CCC(Cn2c(COc3ccccc3)nc3ccccc32)CC1. The summed E-state index contributed by atoms with van der Waals surface area (Å²) in [5.74, 6) is 2.33. The smallest absolute Gasteiger partial charge is 0.255 e. The first-order valence-electron chi connectivity index (χ1n) is 11.1. The van der Waals surface area contributed by atoms with Gasteiger partial charge in [0.2, 0.25) is 0 Å². The molecule has 4 aromatic rings. The number of likely N-dealkylation sites (tertiary alicyclic amines) is 1. The molecule has 0 N–H and O–H groups in total. The number of hydrogen-bond acceptors (Lipinski definition) is 4. The van der Waals surface area contributed by atoms with Crippen LogP contribution in [0.1, 0.15) is 29.0 Å². The highest BCUT2D eigenvalue weighted by molar-refractivity contribution is 5.93. The molecular weight excluding hydrogens is 400 g/mol. The summed E-state index contributed by atoms with van der Waals surface area (Å²) in [6.07, 6.45) is 5.28. The first kappa shape index (κ1) is 20.2. The molecule has 0 aliphatic carbocycles. The van der Waals surface area contributed by atoms with E-state index in [2.05, 4.69) is 21.7 Å². The maximum Gasteiger partial charge on any atom is 0.255 e. The van der Waals surface area contributed by atoms with Crippen molar-refractivity contribution in [1.82, 2.24) is 19.4 Å². The van der Waals surface area contributed by atoms with Crippen molar-refractivity contribution in [3.8, 4) is 5.75 Å². The van der Waals surface area contributed by atoms with Gasteiger partial charge in [0.25, 0.3) is 5.91 Å². The second kappa shape index (κ2) is 9.22. The van der Waals surface area contributed by atoms with Crippen molar-refractivity contribution >= 4 is 16.9 Å². The minimum Gasteiger partial charge on any atom is -0.486 e. The predicted octanol–water partition coefficient (Wildman–Crippen LogP) is 4.56. The van der Waals surface area contributed by atoms with Crippen LogP contribution >= 0.6 is 0 Å². The molecule has 32 heavy (non-hydrogen) atoms. The highest BCUT2D eigenvalue weighted by Crippen LogP contribution is 2.25. The largest absolute Gasteiger partial charge is 0.486 e. The molecule has 0 atom stereocenters. The van der Waals surface area contributed by atoms with Gasteiger partial charge in [0.05, 0.1) is 16.6 Å². The molecule has 2 aromatic carbocycles. The topological polar surface area (TPSA) is 60.2 Å². The normalized spacial score (nSPS) is 14.6. The number of aromatic nitrogens is 3. The highest BCUT2D eigenvalue weighted by Gasteiger charge is 2.25. The fourth-order valence-corrected chi connectivity index (χ4v) is 4.35. The van der Waals surface area contributed by atoms with Gasteiger partial charge in [0, 0.05) is 32.0 Å². The van der Waals surface area contributed by atoms with E-state index in [-0.39, 0.29) is 5.91 Å². The molecule has 1 amide bonds. The first-order valence-corrected chi connectivity index (χ1v) is 11.1. The lowest BCUT2D eigenvalue weighted by atomic mass is 9.96. The van der Waals surface area contributed by atoms with E-state index in [9.17, 15) is 4.79 Å². The minimum absolute atomic E-state index is 0.0709. The van der Waals surface area contributed by atoms with E-state index in [0.29, 0.717) is 18.1 Å². The summed E-state index contributed by atoms with van der Waals surface area (Å²) in [7, 11) is 0. The molecule has 2 aromatic heterocycles. The summed E-state index contributed by atoms with van der Waals surface area (Å²) >= 11 is 0. The van der Waals surface area contributed by atoms with Crippen LogP contribution in [-0.4, -0.2) is 38.4 Å². The van der Waals surface area contributed by atoms with E-state index >= 15 is 0 Å². The molecule has 1 aliphatic rings. The van der Waals surface area contributed by atoms with Crippen LogP contribution in [-0.2, 0) is 13.2 Å². The number of ether oxygens (including phenoxy) is 1. The van der Waals surface area contributed by atoms with Gasteiger partial charge in [-0.25, -0.2) is 4.98 Å². The molecule has 5 rings (SSSR count). The van der Waals surface area contributed by atoms with Crippen molar-refractivity contribution in [2.24, 2.45) is 5.92 Å². The summed E-state index contributed by atoms with van der Waals surface area (Å²) in [6.45, 7) is 2.84. The van der Waals surface area contributed by atoms with Gasteiger partial charge in [-0.3, -0.25) is 9.78 Å². The van der Waals surface area contributed by atoms with E-state index in [1.807, 2.05) is 59.5 Å². The second-order valence-corrected chi connectivity index (χ2v) is 8.21. The van der Waals surface area contributed by atoms with E-state index < -0.39 is 0 Å². The van der Waals surface area contributed by atoms with Crippen molar-refractivity contribution in [2.45, 2.75) is 26.0 Å². The lowest BCUT2D eigenvalue weighted by molar-refractivity contribution is 0.0682. The van der Waals surface area contributed by atoms with Crippen molar-refractivity contribution in [2.75, 3.05) is 13.1 Å². The van der Waals surface area contributed by atoms with Crippen LogP contribution in [0.3, 0.4) is 0 Å². The molecule has 3 heterocycles. The monoisotopic (exact) mass is 426 g/mol. The number of benzene rings is 2. The molecule has 0 saturated carbocycles. The Labute approximate surface area is 187 Å².